The molecule has 0 bridgehead atoms. The predicted molar refractivity (Wildman–Crippen MR) is 57.1 cm³/mol. The SMILES string of the molecule is CC(N)Cc1coc(-c2cccnc2)n1. The maximum Gasteiger partial charge on any atom is 0.227 e. The lowest BCUT2D eigenvalue weighted by atomic mass is 10.2. The summed E-state index contributed by atoms with van der Waals surface area (Å²) in [5.41, 5.74) is 7.44. The Hall–Kier alpha value is -1.68. The minimum absolute atomic E-state index is 0.0943. The van der Waals surface area contributed by atoms with Crippen molar-refractivity contribution in [3.05, 3.63) is 36.5 Å². The van der Waals surface area contributed by atoms with Crippen LogP contribution in [0.15, 0.2) is 35.2 Å². The van der Waals surface area contributed by atoms with Crippen LogP contribution in [0.5, 0.6) is 0 Å². The van der Waals surface area contributed by atoms with Crippen molar-refractivity contribution in [3.8, 4) is 11.5 Å². The van der Waals surface area contributed by atoms with Gasteiger partial charge in [-0.1, -0.05) is 0 Å². The van der Waals surface area contributed by atoms with Crippen LogP contribution in [0, 0.1) is 0 Å². The van der Waals surface area contributed by atoms with Gasteiger partial charge in [0, 0.05) is 24.9 Å². The zero-order valence-electron chi connectivity index (χ0n) is 8.55. The van der Waals surface area contributed by atoms with Crippen molar-refractivity contribution in [2.75, 3.05) is 0 Å². The Bertz CT molecular complexity index is 422. The molecule has 0 fully saturated rings. The summed E-state index contributed by atoms with van der Waals surface area (Å²) in [6, 6.07) is 3.86. The lowest BCUT2D eigenvalue weighted by Gasteiger charge is -1.98. The maximum absolute atomic E-state index is 5.68. The highest BCUT2D eigenvalue weighted by Gasteiger charge is 2.07. The first kappa shape index (κ1) is 9.86. The first-order valence-electron chi connectivity index (χ1n) is 4.86. The molecule has 2 N–H and O–H groups in total. The Morgan fingerprint density at radius 1 is 1.53 bits per heavy atom. The van der Waals surface area contributed by atoms with Gasteiger partial charge in [0.25, 0.3) is 0 Å². The van der Waals surface area contributed by atoms with E-state index in [9.17, 15) is 0 Å². The van der Waals surface area contributed by atoms with Gasteiger partial charge >= 0.3 is 0 Å². The summed E-state index contributed by atoms with van der Waals surface area (Å²) < 4.78 is 5.34. The maximum atomic E-state index is 5.68. The molecule has 2 rings (SSSR count). The summed E-state index contributed by atoms with van der Waals surface area (Å²) in [5.74, 6) is 0.596. The molecule has 2 aromatic rings. The Morgan fingerprint density at radius 3 is 3.07 bits per heavy atom. The van der Waals surface area contributed by atoms with Gasteiger partial charge in [0.1, 0.15) is 6.26 Å². The molecule has 15 heavy (non-hydrogen) atoms. The van der Waals surface area contributed by atoms with Crippen molar-refractivity contribution in [3.63, 3.8) is 0 Å². The standard InChI is InChI=1S/C11H13N3O/c1-8(12)5-10-7-15-11(14-10)9-3-2-4-13-6-9/h2-4,6-8H,5,12H2,1H3. The van der Waals surface area contributed by atoms with Crippen LogP contribution < -0.4 is 5.73 Å². The number of aromatic nitrogens is 2. The minimum atomic E-state index is 0.0943. The number of hydrogen-bond acceptors (Lipinski definition) is 4. The Morgan fingerprint density at radius 2 is 2.40 bits per heavy atom. The average Bonchev–Trinajstić information content (AvgIpc) is 2.67. The molecule has 0 spiro atoms. The van der Waals surface area contributed by atoms with E-state index in [2.05, 4.69) is 9.97 Å². The molecule has 0 aliphatic rings. The number of nitrogens with two attached hydrogens (primary N) is 1. The van der Waals surface area contributed by atoms with Crippen molar-refractivity contribution in [1.29, 1.82) is 0 Å². The molecule has 0 aromatic carbocycles. The van der Waals surface area contributed by atoms with Gasteiger partial charge in [0.2, 0.25) is 5.89 Å². The zero-order valence-corrected chi connectivity index (χ0v) is 8.55. The molecule has 0 aliphatic carbocycles. The second-order valence-corrected chi connectivity index (χ2v) is 3.57. The van der Waals surface area contributed by atoms with E-state index < -0.39 is 0 Å². The third kappa shape index (κ3) is 2.41. The van der Waals surface area contributed by atoms with Crippen LogP contribution in [0.4, 0.5) is 0 Å². The average molecular weight is 203 g/mol. The van der Waals surface area contributed by atoms with E-state index in [1.807, 2.05) is 19.1 Å². The van der Waals surface area contributed by atoms with Crippen LogP contribution in [0.25, 0.3) is 11.5 Å². The van der Waals surface area contributed by atoms with Gasteiger partial charge in [-0.25, -0.2) is 4.98 Å². The van der Waals surface area contributed by atoms with E-state index in [-0.39, 0.29) is 6.04 Å². The minimum Gasteiger partial charge on any atom is -0.444 e. The van der Waals surface area contributed by atoms with E-state index in [1.165, 1.54) is 0 Å². The van der Waals surface area contributed by atoms with Crippen LogP contribution in [0.2, 0.25) is 0 Å². The smallest absolute Gasteiger partial charge is 0.227 e. The van der Waals surface area contributed by atoms with Gasteiger partial charge in [-0.15, -0.1) is 0 Å². The highest BCUT2D eigenvalue weighted by atomic mass is 16.3. The second kappa shape index (κ2) is 4.23. The Balaban J connectivity index is 2.21. The van der Waals surface area contributed by atoms with E-state index in [0.717, 1.165) is 17.7 Å². The quantitative estimate of drug-likeness (QED) is 0.823. The molecule has 0 saturated carbocycles. The van der Waals surface area contributed by atoms with Crippen molar-refractivity contribution in [2.24, 2.45) is 5.73 Å². The lowest BCUT2D eigenvalue weighted by molar-refractivity contribution is 0.570. The highest BCUT2D eigenvalue weighted by Crippen LogP contribution is 2.17. The number of rotatable bonds is 3. The molecule has 0 aliphatic heterocycles. The summed E-state index contributed by atoms with van der Waals surface area (Å²) in [6.07, 6.45) is 5.81. The fraction of sp³-hybridized carbons (Fsp3) is 0.273. The first-order chi connectivity index (χ1) is 7.25. The molecule has 2 heterocycles. The van der Waals surface area contributed by atoms with Gasteiger partial charge in [0.05, 0.1) is 11.3 Å². The summed E-state index contributed by atoms with van der Waals surface area (Å²) in [7, 11) is 0. The fourth-order valence-electron chi connectivity index (χ4n) is 1.35. The first-order valence-corrected chi connectivity index (χ1v) is 4.86. The van der Waals surface area contributed by atoms with Crippen LogP contribution in [-0.2, 0) is 6.42 Å². The highest BCUT2D eigenvalue weighted by molar-refractivity contribution is 5.50. The zero-order chi connectivity index (χ0) is 10.7. The second-order valence-electron chi connectivity index (χ2n) is 3.57. The van der Waals surface area contributed by atoms with Crippen LogP contribution in [0.3, 0.4) is 0 Å². The van der Waals surface area contributed by atoms with Gasteiger partial charge in [-0.2, -0.15) is 0 Å². The van der Waals surface area contributed by atoms with Gasteiger partial charge in [-0.3, -0.25) is 4.98 Å². The van der Waals surface area contributed by atoms with Gasteiger partial charge < -0.3 is 10.2 Å². The molecule has 2 aromatic heterocycles. The largest absolute Gasteiger partial charge is 0.444 e. The monoisotopic (exact) mass is 203 g/mol. The summed E-state index contributed by atoms with van der Waals surface area (Å²) in [5, 5.41) is 0. The van der Waals surface area contributed by atoms with Crippen molar-refractivity contribution >= 4 is 0 Å². The fourth-order valence-corrected chi connectivity index (χ4v) is 1.35. The van der Waals surface area contributed by atoms with Crippen molar-refractivity contribution in [1.82, 2.24) is 9.97 Å². The third-order valence-corrected chi connectivity index (χ3v) is 1.99. The molecule has 0 amide bonds. The topological polar surface area (TPSA) is 64.9 Å². The van der Waals surface area contributed by atoms with E-state index in [4.69, 9.17) is 10.2 Å². The molecule has 0 radical (unpaired) electrons. The van der Waals surface area contributed by atoms with Crippen LogP contribution >= 0.6 is 0 Å². The normalized spacial score (nSPS) is 12.7. The Kier molecular flexibility index (Phi) is 2.78. The van der Waals surface area contributed by atoms with Crippen LogP contribution in [-0.4, -0.2) is 16.0 Å². The van der Waals surface area contributed by atoms with Crippen LogP contribution in [0.1, 0.15) is 12.6 Å². The molecule has 1 atom stereocenters. The molecule has 1 unspecified atom stereocenters. The summed E-state index contributed by atoms with van der Waals surface area (Å²) >= 11 is 0. The number of nitrogens with zero attached hydrogens (tertiary/aromatic N) is 2. The van der Waals surface area contributed by atoms with E-state index in [0.29, 0.717) is 5.89 Å². The summed E-state index contributed by atoms with van der Waals surface area (Å²) in [4.78, 5) is 8.34. The predicted octanol–water partition coefficient (Wildman–Crippen LogP) is 1.63. The van der Waals surface area contributed by atoms with E-state index in [1.54, 1.807) is 18.7 Å². The number of hydrogen-bond donors (Lipinski definition) is 1. The molecular weight excluding hydrogens is 190 g/mol. The molecule has 4 nitrogen and oxygen atoms in total. The lowest BCUT2D eigenvalue weighted by Crippen LogP contribution is -2.17. The molecule has 0 saturated heterocycles. The van der Waals surface area contributed by atoms with Gasteiger partial charge in [0.15, 0.2) is 0 Å². The van der Waals surface area contributed by atoms with Crippen molar-refractivity contribution in [2.45, 2.75) is 19.4 Å². The van der Waals surface area contributed by atoms with E-state index >= 15 is 0 Å². The third-order valence-electron chi connectivity index (χ3n) is 1.99. The molecule has 4 heteroatoms. The van der Waals surface area contributed by atoms with Gasteiger partial charge in [-0.05, 0) is 19.1 Å². The number of pyridine rings is 1. The molecule has 78 valence electrons. The van der Waals surface area contributed by atoms with Crippen molar-refractivity contribution < 1.29 is 4.42 Å². The number of oxazole rings is 1. The summed E-state index contributed by atoms with van der Waals surface area (Å²) in [6.45, 7) is 1.94. The Labute approximate surface area is 88.2 Å². The molecular formula is C11H13N3O.